The maximum Gasteiger partial charge on any atom is 0.122 e. The first kappa shape index (κ1) is 12.9. The first-order valence-electron chi connectivity index (χ1n) is 7.25. The summed E-state index contributed by atoms with van der Waals surface area (Å²) in [7, 11) is 1.75. The summed E-state index contributed by atoms with van der Waals surface area (Å²) >= 11 is 0. The number of rotatable bonds is 4. The molecule has 0 amide bonds. The highest BCUT2D eigenvalue weighted by molar-refractivity contribution is 5.46. The molecule has 2 fully saturated rings. The number of nitrogens with two attached hydrogens (primary N) is 1. The lowest BCUT2D eigenvalue weighted by Gasteiger charge is -2.25. The fourth-order valence-electron chi connectivity index (χ4n) is 3.16. The lowest BCUT2D eigenvalue weighted by Crippen LogP contribution is -2.21. The topological polar surface area (TPSA) is 44.5 Å². The van der Waals surface area contributed by atoms with Crippen molar-refractivity contribution >= 4 is 0 Å². The van der Waals surface area contributed by atoms with Crippen molar-refractivity contribution in [2.45, 2.75) is 37.0 Å². The molecule has 0 unspecified atom stereocenters. The van der Waals surface area contributed by atoms with E-state index in [9.17, 15) is 0 Å². The van der Waals surface area contributed by atoms with Crippen LogP contribution >= 0.6 is 0 Å². The molecule has 3 rings (SSSR count). The van der Waals surface area contributed by atoms with Crippen LogP contribution in [0, 0.1) is 0 Å². The van der Waals surface area contributed by atoms with Crippen molar-refractivity contribution in [2.75, 3.05) is 26.9 Å². The summed E-state index contributed by atoms with van der Waals surface area (Å²) in [5.41, 5.74) is 8.91. The molecule has 0 spiro atoms. The smallest absolute Gasteiger partial charge is 0.122 e. The predicted octanol–water partition coefficient (Wildman–Crippen LogP) is 2.58. The predicted molar refractivity (Wildman–Crippen MR) is 75.8 cm³/mol. The van der Waals surface area contributed by atoms with Gasteiger partial charge in [-0.3, -0.25) is 0 Å². The molecule has 1 aromatic carbocycles. The van der Waals surface area contributed by atoms with Crippen molar-refractivity contribution in [1.29, 1.82) is 0 Å². The van der Waals surface area contributed by atoms with Gasteiger partial charge in [0.2, 0.25) is 0 Å². The molecular weight excluding hydrogens is 238 g/mol. The molecular formula is C16H23NO2. The van der Waals surface area contributed by atoms with E-state index in [4.69, 9.17) is 15.2 Å². The van der Waals surface area contributed by atoms with Gasteiger partial charge in [-0.25, -0.2) is 0 Å². The van der Waals surface area contributed by atoms with Gasteiger partial charge in [0.1, 0.15) is 5.75 Å². The van der Waals surface area contributed by atoms with Gasteiger partial charge in [-0.05, 0) is 43.2 Å². The molecule has 0 radical (unpaired) electrons. The van der Waals surface area contributed by atoms with Gasteiger partial charge in [-0.15, -0.1) is 0 Å². The average Bonchev–Trinajstić information content (AvgIpc) is 3.28. The van der Waals surface area contributed by atoms with E-state index in [1.54, 1.807) is 7.11 Å². The van der Waals surface area contributed by atoms with Gasteiger partial charge in [0.15, 0.2) is 0 Å². The molecule has 2 aliphatic rings. The van der Waals surface area contributed by atoms with Crippen LogP contribution < -0.4 is 10.5 Å². The van der Waals surface area contributed by atoms with Crippen LogP contribution in [0.5, 0.6) is 5.75 Å². The number of ether oxygens (including phenoxy) is 2. The third-order valence-electron chi connectivity index (χ3n) is 4.73. The van der Waals surface area contributed by atoms with Crippen LogP contribution in [-0.2, 0) is 10.2 Å². The van der Waals surface area contributed by atoms with E-state index in [1.165, 1.54) is 24.0 Å². The zero-order valence-corrected chi connectivity index (χ0v) is 11.7. The van der Waals surface area contributed by atoms with Crippen LogP contribution in [0.15, 0.2) is 18.2 Å². The van der Waals surface area contributed by atoms with Gasteiger partial charge in [-0.2, -0.15) is 0 Å². The molecule has 104 valence electrons. The summed E-state index contributed by atoms with van der Waals surface area (Å²) in [4.78, 5) is 0. The normalized spacial score (nSPS) is 22.2. The van der Waals surface area contributed by atoms with Gasteiger partial charge in [0.25, 0.3) is 0 Å². The first-order chi connectivity index (χ1) is 9.29. The Bertz CT molecular complexity index is 448. The Kier molecular flexibility index (Phi) is 3.50. The fourth-order valence-corrected chi connectivity index (χ4v) is 3.16. The standard InChI is InChI=1S/C16H23NO2/c1-18-15-3-2-13(12-4-8-19-9-5-12)10-14(15)16(11-17)6-7-16/h2-3,10,12H,4-9,11,17H2,1H3. The maximum atomic E-state index is 5.98. The van der Waals surface area contributed by atoms with Crippen molar-refractivity contribution in [2.24, 2.45) is 5.73 Å². The number of benzene rings is 1. The van der Waals surface area contributed by atoms with Crippen LogP contribution in [-0.4, -0.2) is 26.9 Å². The molecule has 3 nitrogen and oxygen atoms in total. The first-order valence-corrected chi connectivity index (χ1v) is 7.25. The second-order valence-corrected chi connectivity index (χ2v) is 5.83. The minimum Gasteiger partial charge on any atom is -0.496 e. The summed E-state index contributed by atoms with van der Waals surface area (Å²) in [6.45, 7) is 2.49. The minimum atomic E-state index is 0.187. The van der Waals surface area contributed by atoms with Crippen molar-refractivity contribution in [3.8, 4) is 5.75 Å². The van der Waals surface area contributed by atoms with E-state index in [-0.39, 0.29) is 5.41 Å². The molecule has 2 N–H and O–H groups in total. The SMILES string of the molecule is COc1ccc(C2CCOCC2)cc1C1(CN)CC1. The van der Waals surface area contributed by atoms with Crippen LogP contribution in [0.2, 0.25) is 0 Å². The van der Waals surface area contributed by atoms with Crippen LogP contribution in [0.3, 0.4) is 0 Å². The number of hydrogen-bond acceptors (Lipinski definition) is 3. The highest BCUT2D eigenvalue weighted by atomic mass is 16.5. The van der Waals surface area contributed by atoms with Crippen LogP contribution in [0.25, 0.3) is 0 Å². The molecule has 0 aromatic heterocycles. The molecule has 1 heterocycles. The van der Waals surface area contributed by atoms with Gasteiger partial charge in [-0.1, -0.05) is 12.1 Å². The van der Waals surface area contributed by atoms with Crippen molar-refractivity contribution in [3.05, 3.63) is 29.3 Å². The highest BCUT2D eigenvalue weighted by Gasteiger charge is 2.45. The van der Waals surface area contributed by atoms with Gasteiger partial charge < -0.3 is 15.2 Å². The summed E-state index contributed by atoms with van der Waals surface area (Å²) in [6.07, 6.45) is 4.64. The van der Waals surface area contributed by atoms with E-state index in [2.05, 4.69) is 18.2 Å². The Morgan fingerprint density at radius 1 is 1.32 bits per heavy atom. The second-order valence-electron chi connectivity index (χ2n) is 5.83. The molecule has 1 aliphatic carbocycles. The van der Waals surface area contributed by atoms with Gasteiger partial charge in [0, 0.05) is 30.7 Å². The summed E-state index contributed by atoms with van der Waals surface area (Å²) in [6, 6.07) is 6.68. The fraction of sp³-hybridized carbons (Fsp3) is 0.625. The quantitative estimate of drug-likeness (QED) is 0.906. The Labute approximate surface area is 115 Å². The van der Waals surface area contributed by atoms with Crippen LogP contribution in [0.4, 0.5) is 0 Å². The van der Waals surface area contributed by atoms with Crippen molar-refractivity contribution in [1.82, 2.24) is 0 Å². The molecule has 0 bridgehead atoms. The lowest BCUT2D eigenvalue weighted by molar-refractivity contribution is 0.0853. The third-order valence-corrected chi connectivity index (χ3v) is 4.73. The zero-order valence-electron chi connectivity index (χ0n) is 11.7. The zero-order chi connectivity index (χ0) is 13.3. The minimum absolute atomic E-state index is 0.187. The monoisotopic (exact) mass is 261 g/mol. The number of methoxy groups -OCH3 is 1. The van der Waals surface area contributed by atoms with E-state index in [1.807, 2.05) is 0 Å². The largest absolute Gasteiger partial charge is 0.496 e. The molecule has 1 aliphatic heterocycles. The third kappa shape index (κ3) is 2.37. The van der Waals surface area contributed by atoms with E-state index >= 15 is 0 Å². The summed E-state index contributed by atoms with van der Waals surface area (Å²) < 4.78 is 11.0. The average molecular weight is 261 g/mol. The van der Waals surface area contributed by atoms with Crippen molar-refractivity contribution in [3.63, 3.8) is 0 Å². The Morgan fingerprint density at radius 2 is 2.05 bits per heavy atom. The van der Waals surface area contributed by atoms with Gasteiger partial charge >= 0.3 is 0 Å². The van der Waals surface area contributed by atoms with Crippen molar-refractivity contribution < 1.29 is 9.47 Å². The van der Waals surface area contributed by atoms with Crippen LogP contribution in [0.1, 0.15) is 42.7 Å². The molecule has 0 atom stereocenters. The molecule has 1 aromatic rings. The number of hydrogen-bond donors (Lipinski definition) is 1. The molecule has 3 heteroatoms. The Balaban J connectivity index is 1.92. The van der Waals surface area contributed by atoms with E-state index in [0.717, 1.165) is 38.3 Å². The highest BCUT2D eigenvalue weighted by Crippen LogP contribution is 2.51. The molecule has 19 heavy (non-hydrogen) atoms. The lowest BCUT2D eigenvalue weighted by atomic mass is 9.86. The van der Waals surface area contributed by atoms with E-state index in [0.29, 0.717) is 5.92 Å². The van der Waals surface area contributed by atoms with Gasteiger partial charge in [0.05, 0.1) is 7.11 Å². The van der Waals surface area contributed by atoms with E-state index < -0.39 is 0 Å². The molecule has 1 saturated heterocycles. The summed E-state index contributed by atoms with van der Waals surface area (Å²) in [5, 5.41) is 0. The second kappa shape index (κ2) is 5.14. The Hall–Kier alpha value is -1.06. The summed E-state index contributed by atoms with van der Waals surface area (Å²) in [5.74, 6) is 1.63. The maximum absolute atomic E-state index is 5.98. The Morgan fingerprint density at radius 3 is 2.63 bits per heavy atom. The molecule has 1 saturated carbocycles.